The molecule has 1 aromatic rings. The minimum atomic E-state index is -0.935. The smallest absolute Gasteiger partial charge is 0.338 e. The monoisotopic (exact) mass is 534 g/mol. The number of aromatic nitrogens is 2. The van der Waals surface area contributed by atoms with Crippen molar-refractivity contribution in [2.75, 3.05) is 51.1 Å². The molecule has 4 aliphatic rings. The molecule has 3 amide bonds. The molecule has 37 heavy (non-hydrogen) atoms. The molecule has 2 aliphatic carbocycles. The number of likely N-dealkylation sites (tertiary alicyclic amines) is 1. The number of carbonyl (C=O) groups is 2. The molecule has 3 fully saturated rings. The van der Waals surface area contributed by atoms with Gasteiger partial charge in [0.05, 0.1) is 5.54 Å². The topological polar surface area (TPSA) is 143 Å². The van der Waals surface area contributed by atoms with Crippen LogP contribution < -0.4 is 22.5 Å². The number of allylic oxidation sites excluding steroid dienone is 2. The summed E-state index contributed by atoms with van der Waals surface area (Å²) in [5.41, 5.74) is 11.6. The number of carbonyl (C=O) groups excluding carboxylic acids is 2. The Morgan fingerprint density at radius 1 is 1.14 bits per heavy atom. The molecule has 0 radical (unpaired) electrons. The highest BCUT2D eigenvalue weighted by Gasteiger charge is 2.53. The SMILES string of the molecule is CC(C)(N)C(=O)N1CCN(C(=O)Nc2ccn(C3=CCC(CN4C[C@@H]5[C@H](N)[C@@H]5C4)CC3)c(=O)n2)CC1.Cl. The van der Waals surface area contributed by atoms with Gasteiger partial charge in [0.2, 0.25) is 5.91 Å². The molecule has 3 heterocycles. The molecule has 0 bridgehead atoms. The summed E-state index contributed by atoms with van der Waals surface area (Å²) in [5.74, 6) is 2.12. The summed E-state index contributed by atoms with van der Waals surface area (Å²) in [6, 6.07) is 1.75. The second kappa shape index (κ2) is 10.7. The maximum Gasteiger partial charge on any atom is 0.353 e. The van der Waals surface area contributed by atoms with E-state index in [1.54, 1.807) is 40.5 Å². The maximum absolute atomic E-state index is 12.7. The molecule has 2 aliphatic heterocycles. The zero-order valence-corrected chi connectivity index (χ0v) is 22.5. The number of hydrogen-bond acceptors (Lipinski definition) is 7. The van der Waals surface area contributed by atoms with Crippen molar-refractivity contribution in [1.29, 1.82) is 0 Å². The summed E-state index contributed by atoms with van der Waals surface area (Å²) < 4.78 is 1.58. The van der Waals surface area contributed by atoms with E-state index < -0.39 is 11.2 Å². The third kappa shape index (κ3) is 6.00. The number of hydrogen-bond donors (Lipinski definition) is 3. The summed E-state index contributed by atoms with van der Waals surface area (Å²) in [6.45, 7) is 8.35. The number of fused-ring (bicyclic) bond motifs is 1. The number of nitrogens with two attached hydrogens (primary N) is 2. The zero-order valence-electron chi connectivity index (χ0n) is 21.6. The lowest BCUT2D eigenvalue weighted by Gasteiger charge is -2.37. The number of nitrogens with one attached hydrogen (secondary N) is 1. The number of urea groups is 1. The molecule has 1 aromatic heterocycles. The Morgan fingerprint density at radius 3 is 2.35 bits per heavy atom. The van der Waals surface area contributed by atoms with Crippen LogP contribution in [0.5, 0.6) is 0 Å². The lowest BCUT2D eigenvalue weighted by Crippen LogP contribution is -2.58. The third-order valence-electron chi connectivity index (χ3n) is 8.10. The molecule has 1 saturated carbocycles. The van der Waals surface area contributed by atoms with Gasteiger partial charge in [-0.2, -0.15) is 4.98 Å². The number of amides is 3. The first-order chi connectivity index (χ1) is 17.1. The molecular formula is C25H39ClN8O3. The fourth-order valence-corrected chi connectivity index (χ4v) is 5.83. The summed E-state index contributed by atoms with van der Waals surface area (Å²) in [5, 5.41) is 2.72. The van der Waals surface area contributed by atoms with Crippen LogP contribution in [0.15, 0.2) is 23.1 Å². The average Bonchev–Trinajstić information content (AvgIpc) is 3.23. The van der Waals surface area contributed by atoms with Crippen LogP contribution >= 0.6 is 12.4 Å². The van der Waals surface area contributed by atoms with E-state index in [1.165, 1.54) is 0 Å². The normalized spacial score (nSPS) is 27.7. The molecule has 1 unspecified atom stereocenters. The minimum Gasteiger partial charge on any atom is -0.338 e. The summed E-state index contributed by atoms with van der Waals surface area (Å²) >= 11 is 0. The summed E-state index contributed by atoms with van der Waals surface area (Å²) in [6.07, 6.45) is 6.67. The van der Waals surface area contributed by atoms with E-state index in [0.717, 1.165) is 44.6 Å². The van der Waals surface area contributed by atoms with Crippen molar-refractivity contribution in [2.24, 2.45) is 29.2 Å². The highest BCUT2D eigenvalue weighted by Crippen LogP contribution is 2.44. The fourth-order valence-electron chi connectivity index (χ4n) is 5.83. The average molecular weight is 535 g/mol. The van der Waals surface area contributed by atoms with Gasteiger partial charge in [-0.15, -0.1) is 12.4 Å². The van der Waals surface area contributed by atoms with Gasteiger partial charge >= 0.3 is 11.7 Å². The van der Waals surface area contributed by atoms with E-state index in [0.29, 0.717) is 50.0 Å². The molecule has 11 nitrogen and oxygen atoms in total. The molecule has 204 valence electrons. The van der Waals surface area contributed by atoms with Crippen LogP contribution in [0.2, 0.25) is 0 Å². The van der Waals surface area contributed by atoms with Crippen LogP contribution in [0.3, 0.4) is 0 Å². The zero-order chi connectivity index (χ0) is 25.6. The highest BCUT2D eigenvalue weighted by atomic mass is 35.5. The van der Waals surface area contributed by atoms with Crippen molar-refractivity contribution in [3.05, 3.63) is 28.8 Å². The molecule has 0 spiro atoms. The number of rotatable bonds is 5. The first kappa shape index (κ1) is 27.6. The van der Waals surface area contributed by atoms with Gasteiger partial charge in [0.25, 0.3) is 0 Å². The Kier molecular flexibility index (Phi) is 7.99. The van der Waals surface area contributed by atoms with Crippen LogP contribution in [-0.4, -0.2) is 93.6 Å². The van der Waals surface area contributed by atoms with Gasteiger partial charge in [0.15, 0.2) is 0 Å². The van der Waals surface area contributed by atoms with Gasteiger partial charge < -0.3 is 26.2 Å². The Labute approximate surface area is 223 Å². The number of piperazine rings is 1. The Balaban J connectivity index is 0.00000320. The van der Waals surface area contributed by atoms with Crippen LogP contribution in [0.4, 0.5) is 10.6 Å². The number of halogens is 1. The Hall–Kier alpha value is -2.47. The van der Waals surface area contributed by atoms with Gasteiger partial charge in [-0.25, -0.2) is 9.59 Å². The Morgan fingerprint density at radius 2 is 1.78 bits per heavy atom. The van der Waals surface area contributed by atoms with E-state index in [1.807, 2.05) is 0 Å². The van der Waals surface area contributed by atoms with Gasteiger partial charge in [0, 0.05) is 63.7 Å². The Bertz CT molecular complexity index is 1100. The maximum atomic E-state index is 12.7. The lowest BCUT2D eigenvalue weighted by atomic mass is 9.92. The van der Waals surface area contributed by atoms with Gasteiger partial charge in [-0.3, -0.25) is 14.7 Å². The summed E-state index contributed by atoms with van der Waals surface area (Å²) in [7, 11) is 0. The number of nitrogens with zero attached hydrogens (tertiary/aromatic N) is 5. The van der Waals surface area contributed by atoms with E-state index in [2.05, 4.69) is 21.3 Å². The summed E-state index contributed by atoms with van der Waals surface area (Å²) in [4.78, 5) is 47.6. The molecule has 5 rings (SSSR count). The third-order valence-corrected chi connectivity index (χ3v) is 8.10. The molecule has 0 aromatic carbocycles. The minimum absolute atomic E-state index is 0. The van der Waals surface area contributed by atoms with E-state index in [-0.39, 0.29) is 30.2 Å². The van der Waals surface area contributed by atoms with E-state index >= 15 is 0 Å². The first-order valence-corrected chi connectivity index (χ1v) is 13.0. The van der Waals surface area contributed by atoms with Gasteiger partial charge in [0.1, 0.15) is 5.82 Å². The van der Waals surface area contributed by atoms with Crippen LogP contribution in [0, 0.1) is 17.8 Å². The standard InChI is InChI=1S/C25H38N8O3.ClH/c1-25(2,27)22(34)31-9-11-32(12-10-31)23(35)28-20-7-8-33(24(36)29-20)17-5-3-16(4-6-17)13-30-14-18-19(15-30)21(18)26;/h5,7-8,16,18-19,21H,3-4,6,9-15,26-27H2,1-2H3,(H,28,29,35,36);1H/t16?,18-,19+,21-;. The molecule has 2 saturated heterocycles. The fraction of sp³-hybridized carbons (Fsp3) is 0.680. The molecule has 4 atom stereocenters. The molecular weight excluding hydrogens is 496 g/mol. The predicted molar refractivity (Wildman–Crippen MR) is 144 cm³/mol. The van der Waals surface area contributed by atoms with Crippen molar-refractivity contribution in [3.63, 3.8) is 0 Å². The second-order valence-corrected chi connectivity index (χ2v) is 11.4. The van der Waals surface area contributed by atoms with E-state index in [4.69, 9.17) is 11.5 Å². The molecule has 5 N–H and O–H groups in total. The van der Waals surface area contributed by atoms with Crippen LogP contribution in [0.1, 0.15) is 33.1 Å². The van der Waals surface area contributed by atoms with Crippen LogP contribution in [-0.2, 0) is 4.79 Å². The second-order valence-electron chi connectivity index (χ2n) is 11.4. The van der Waals surface area contributed by atoms with Crippen molar-refractivity contribution in [3.8, 4) is 0 Å². The number of piperidine rings is 1. The van der Waals surface area contributed by atoms with Crippen LogP contribution in [0.25, 0.3) is 5.70 Å². The van der Waals surface area contributed by atoms with Crippen molar-refractivity contribution < 1.29 is 9.59 Å². The molecule has 12 heteroatoms. The first-order valence-electron chi connectivity index (χ1n) is 13.0. The van der Waals surface area contributed by atoms with Crippen molar-refractivity contribution in [1.82, 2.24) is 24.3 Å². The van der Waals surface area contributed by atoms with E-state index in [9.17, 15) is 14.4 Å². The van der Waals surface area contributed by atoms with Crippen molar-refractivity contribution in [2.45, 2.75) is 44.7 Å². The quantitative estimate of drug-likeness (QED) is 0.502. The van der Waals surface area contributed by atoms with Gasteiger partial charge in [-0.1, -0.05) is 6.08 Å². The van der Waals surface area contributed by atoms with Crippen molar-refractivity contribution >= 4 is 35.9 Å². The van der Waals surface area contributed by atoms with Gasteiger partial charge in [-0.05, 0) is 56.9 Å². The number of anilines is 1. The predicted octanol–water partition coefficient (Wildman–Crippen LogP) is 0.608. The lowest BCUT2D eigenvalue weighted by molar-refractivity contribution is -0.137. The highest BCUT2D eigenvalue weighted by molar-refractivity contribution is 5.89. The largest absolute Gasteiger partial charge is 0.353 e.